The quantitative estimate of drug-likeness (QED) is 0.513. The molecule has 1 aromatic carbocycles. The van der Waals surface area contributed by atoms with Gasteiger partial charge in [-0.15, -0.1) is 0 Å². The average molecular weight is 402 g/mol. The molecule has 29 heavy (non-hydrogen) atoms. The highest BCUT2D eigenvalue weighted by molar-refractivity contribution is 5.99. The van der Waals surface area contributed by atoms with E-state index in [9.17, 15) is 9.59 Å². The summed E-state index contributed by atoms with van der Waals surface area (Å²) < 4.78 is 16.0. The van der Waals surface area contributed by atoms with Crippen molar-refractivity contribution < 1.29 is 23.8 Å². The maximum Gasteiger partial charge on any atom is 0.337 e. The zero-order valence-corrected chi connectivity index (χ0v) is 18.4. The Hall–Kier alpha value is -2.60. The van der Waals surface area contributed by atoms with Gasteiger partial charge in [-0.05, 0) is 40.2 Å². The highest BCUT2D eigenvalue weighted by Gasteiger charge is 2.39. The van der Waals surface area contributed by atoms with Gasteiger partial charge in [0, 0.05) is 25.6 Å². The van der Waals surface area contributed by atoms with E-state index >= 15 is 0 Å². The van der Waals surface area contributed by atoms with E-state index < -0.39 is 17.9 Å². The number of hydrogen-bond acceptors (Lipinski definition) is 6. The van der Waals surface area contributed by atoms with Crippen molar-refractivity contribution in [2.24, 2.45) is 0 Å². The SMILES string of the molecule is COCCOC(=O)C1=C(C)N(C)C(C)=C(C(=O)OC(C)C)C1c1ccc(C)cc1. The molecule has 0 saturated carbocycles. The van der Waals surface area contributed by atoms with E-state index in [1.54, 1.807) is 7.11 Å². The minimum absolute atomic E-state index is 0.144. The molecule has 0 fully saturated rings. The fourth-order valence-corrected chi connectivity index (χ4v) is 3.37. The second kappa shape index (κ2) is 9.74. The van der Waals surface area contributed by atoms with Gasteiger partial charge in [-0.25, -0.2) is 9.59 Å². The average Bonchev–Trinajstić information content (AvgIpc) is 2.66. The molecule has 6 nitrogen and oxygen atoms in total. The summed E-state index contributed by atoms with van der Waals surface area (Å²) in [4.78, 5) is 27.9. The second-order valence-corrected chi connectivity index (χ2v) is 7.48. The van der Waals surface area contributed by atoms with Crippen LogP contribution in [-0.4, -0.2) is 50.3 Å². The molecular weight excluding hydrogens is 370 g/mol. The van der Waals surface area contributed by atoms with Crippen molar-refractivity contribution in [1.29, 1.82) is 0 Å². The van der Waals surface area contributed by atoms with E-state index in [-0.39, 0.29) is 12.7 Å². The zero-order chi connectivity index (χ0) is 21.7. The largest absolute Gasteiger partial charge is 0.460 e. The van der Waals surface area contributed by atoms with Crippen LogP contribution in [-0.2, 0) is 23.8 Å². The molecule has 2 rings (SSSR count). The molecule has 0 saturated heterocycles. The Kier molecular flexibility index (Phi) is 7.62. The molecule has 1 heterocycles. The number of ether oxygens (including phenoxy) is 3. The van der Waals surface area contributed by atoms with Gasteiger partial charge < -0.3 is 19.1 Å². The lowest BCUT2D eigenvalue weighted by molar-refractivity contribution is -0.143. The Labute approximate surface area is 173 Å². The summed E-state index contributed by atoms with van der Waals surface area (Å²) in [6.07, 6.45) is -0.268. The van der Waals surface area contributed by atoms with E-state index in [0.29, 0.717) is 17.8 Å². The molecule has 0 radical (unpaired) electrons. The van der Waals surface area contributed by atoms with Gasteiger partial charge in [-0.3, -0.25) is 0 Å². The van der Waals surface area contributed by atoms with E-state index in [0.717, 1.165) is 22.5 Å². The number of allylic oxidation sites excluding steroid dienone is 2. The molecule has 1 unspecified atom stereocenters. The van der Waals surface area contributed by atoms with Crippen molar-refractivity contribution in [2.75, 3.05) is 27.4 Å². The number of esters is 2. The number of methoxy groups -OCH3 is 1. The van der Waals surface area contributed by atoms with Crippen molar-refractivity contribution in [3.63, 3.8) is 0 Å². The molecule has 1 atom stereocenters. The lowest BCUT2D eigenvalue weighted by atomic mass is 9.79. The standard InChI is InChI=1S/C23H31NO5/c1-14(2)29-23(26)20-17(5)24(6)16(4)19(22(25)28-13-12-27-7)21(20)18-10-8-15(3)9-11-18/h8-11,14,21H,12-13H2,1-7H3. The van der Waals surface area contributed by atoms with Crippen LogP contribution in [0.3, 0.4) is 0 Å². The maximum atomic E-state index is 13.0. The predicted molar refractivity (Wildman–Crippen MR) is 111 cm³/mol. The van der Waals surface area contributed by atoms with Crippen LogP contribution < -0.4 is 0 Å². The molecule has 1 aromatic rings. The Balaban J connectivity index is 2.60. The van der Waals surface area contributed by atoms with Crippen LogP contribution in [0.15, 0.2) is 46.8 Å². The van der Waals surface area contributed by atoms with Crippen LogP contribution in [0.2, 0.25) is 0 Å². The van der Waals surface area contributed by atoms with Gasteiger partial charge in [0.1, 0.15) is 6.61 Å². The van der Waals surface area contributed by atoms with Crippen molar-refractivity contribution in [3.8, 4) is 0 Å². The highest BCUT2D eigenvalue weighted by Crippen LogP contribution is 2.42. The van der Waals surface area contributed by atoms with Crippen LogP contribution in [0.1, 0.15) is 44.7 Å². The Morgan fingerprint density at radius 2 is 1.52 bits per heavy atom. The van der Waals surface area contributed by atoms with Crippen molar-refractivity contribution in [2.45, 2.75) is 46.6 Å². The van der Waals surface area contributed by atoms with E-state index in [1.807, 2.05) is 70.8 Å². The molecule has 1 aliphatic rings. The van der Waals surface area contributed by atoms with Gasteiger partial charge in [0.25, 0.3) is 0 Å². The smallest absolute Gasteiger partial charge is 0.337 e. The number of hydrogen-bond donors (Lipinski definition) is 0. The number of benzene rings is 1. The molecule has 0 aliphatic carbocycles. The van der Waals surface area contributed by atoms with E-state index in [4.69, 9.17) is 14.2 Å². The highest BCUT2D eigenvalue weighted by atomic mass is 16.6. The van der Waals surface area contributed by atoms with E-state index in [1.165, 1.54) is 0 Å². The molecular formula is C23H31NO5. The van der Waals surface area contributed by atoms with Crippen molar-refractivity contribution in [3.05, 3.63) is 57.9 Å². The maximum absolute atomic E-state index is 13.0. The second-order valence-electron chi connectivity index (χ2n) is 7.48. The number of carbonyl (C=O) groups excluding carboxylic acids is 2. The number of rotatable bonds is 7. The molecule has 158 valence electrons. The Morgan fingerprint density at radius 3 is 2.03 bits per heavy atom. The zero-order valence-electron chi connectivity index (χ0n) is 18.4. The van der Waals surface area contributed by atoms with Crippen LogP contribution in [0.25, 0.3) is 0 Å². The summed E-state index contributed by atoms with van der Waals surface area (Å²) in [5.41, 5.74) is 4.34. The summed E-state index contributed by atoms with van der Waals surface area (Å²) >= 11 is 0. The monoisotopic (exact) mass is 401 g/mol. The summed E-state index contributed by atoms with van der Waals surface area (Å²) in [7, 11) is 3.38. The molecule has 0 N–H and O–H groups in total. The first-order valence-electron chi connectivity index (χ1n) is 9.77. The lowest BCUT2D eigenvalue weighted by Gasteiger charge is -2.36. The normalized spacial score (nSPS) is 17.1. The Bertz CT molecular complexity index is 820. The predicted octanol–water partition coefficient (Wildman–Crippen LogP) is 3.71. The number of aryl methyl sites for hydroxylation is 1. The minimum atomic E-state index is -0.562. The summed E-state index contributed by atoms with van der Waals surface area (Å²) in [5.74, 6) is -1.45. The molecule has 6 heteroatoms. The molecule has 0 aromatic heterocycles. The first-order chi connectivity index (χ1) is 13.7. The van der Waals surface area contributed by atoms with Gasteiger partial charge in [0.15, 0.2) is 0 Å². The van der Waals surface area contributed by atoms with Gasteiger partial charge >= 0.3 is 11.9 Å². The van der Waals surface area contributed by atoms with Gasteiger partial charge in [0.05, 0.1) is 29.8 Å². The minimum Gasteiger partial charge on any atom is -0.460 e. The fraction of sp³-hybridized carbons (Fsp3) is 0.478. The van der Waals surface area contributed by atoms with E-state index in [2.05, 4.69) is 0 Å². The third kappa shape index (κ3) is 5.07. The first kappa shape index (κ1) is 22.7. The van der Waals surface area contributed by atoms with Crippen LogP contribution >= 0.6 is 0 Å². The van der Waals surface area contributed by atoms with Crippen LogP contribution in [0.5, 0.6) is 0 Å². The third-order valence-corrected chi connectivity index (χ3v) is 5.08. The van der Waals surface area contributed by atoms with Gasteiger partial charge in [-0.2, -0.15) is 0 Å². The lowest BCUT2D eigenvalue weighted by Crippen LogP contribution is -2.34. The van der Waals surface area contributed by atoms with Crippen LogP contribution in [0.4, 0.5) is 0 Å². The van der Waals surface area contributed by atoms with Gasteiger partial charge in [-0.1, -0.05) is 29.8 Å². The number of carbonyl (C=O) groups is 2. The number of nitrogens with zero attached hydrogens (tertiary/aromatic N) is 1. The molecule has 0 spiro atoms. The topological polar surface area (TPSA) is 65.1 Å². The fourth-order valence-electron chi connectivity index (χ4n) is 3.37. The molecule has 1 aliphatic heterocycles. The third-order valence-electron chi connectivity index (χ3n) is 5.08. The van der Waals surface area contributed by atoms with Crippen molar-refractivity contribution in [1.82, 2.24) is 4.90 Å². The van der Waals surface area contributed by atoms with Crippen LogP contribution in [0, 0.1) is 6.92 Å². The van der Waals surface area contributed by atoms with Gasteiger partial charge in [0.2, 0.25) is 0 Å². The molecule has 0 bridgehead atoms. The van der Waals surface area contributed by atoms with Crippen molar-refractivity contribution >= 4 is 11.9 Å². The summed E-state index contributed by atoms with van der Waals surface area (Å²) in [5, 5.41) is 0. The summed E-state index contributed by atoms with van der Waals surface area (Å²) in [6, 6.07) is 7.82. The molecule has 0 amide bonds. The summed E-state index contributed by atoms with van der Waals surface area (Å²) in [6.45, 7) is 9.79. The Morgan fingerprint density at radius 1 is 0.966 bits per heavy atom. The first-order valence-corrected chi connectivity index (χ1v) is 9.77.